The van der Waals surface area contributed by atoms with Crippen LogP contribution >= 0.6 is 27.7 Å². The average molecular weight is 508 g/mol. The van der Waals surface area contributed by atoms with Crippen molar-refractivity contribution in [3.05, 3.63) is 93.2 Å². The van der Waals surface area contributed by atoms with E-state index in [1.54, 1.807) is 10.6 Å². The van der Waals surface area contributed by atoms with Gasteiger partial charge >= 0.3 is 0 Å². The first kappa shape index (κ1) is 22.3. The molecule has 0 bridgehead atoms. The summed E-state index contributed by atoms with van der Waals surface area (Å²) in [5, 5.41) is 3.90. The van der Waals surface area contributed by atoms with Crippen LogP contribution in [0.3, 0.4) is 0 Å². The summed E-state index contributed by atoms with van der Waals surface area (Å²) >= 11 is 4.63. The summed E-state index contributed by atoms with van der Waals surface area (Å²) < 4.78 is 2.53. The van der Waals surface area contributed by atoms with Crippen molar-refractivity contribution in [3.63, 3.8) is 0 Å². The standard InChI is InChI=1S/C25H22BrN3O2S/c1-16(2)17-7-13-20(14-8-17)29-24(31)21-5-3-4-6-22(21)28-25(29)32-15-23(30)27-19-11-9-18(26)10-12-19/h3-14,16H,15H2,1-2H3,(H,27,30). The summed E-state index contributed by atoms with van der Waals surface area (Å²) in [6.45, 7) is 4.26. The number of thioether (sulfide) groups is 1. The number of nitrogens with zero attached hydrogens (tertiary/aromatic N) is 2. The van der Waals surface area contributed by atoms with Crippen LogP contribution in [0.5, 0.6) is 0 Å². The fraction of sp³-hybridized carbons (Fsp3) is 0.160. The summed E-state index contributed by atoms with van der Waals surface area (Å²) in [5.74, 6) is 0.360. The molecule has 1 amide bonds. The summed E-state index contributed by atoms with van der Waals surface area (Å²) in [4.78, 5) is 30.6. The Kier molecular flexibility index (Phi) is 6.77. The van der Waals surface area contributed by atoms with Gasteiger partial charge in [0.2, 0.25) is 5.91 Å². The van der Waals surface area contributed by atoms with E-state index in [-0.39, 0.29) is 17.2 Å². The number of carbonyl (C=O) groups excluding carboxylic acids is 1. The molecular weight excluding hydrogens is 486 g/mol. The van der Waals surface area contributed by atoms with Crippen LogP contribution in [-0.2, 0) is 4.79 Å². The smallest absolute Gasteiger partial charge is 0.266 e. The topological polar surface area (TPSA) is 64.0 Å². The molecule has 5 nitrogen and oxygen atoms in total. The van der Waals surface area contributed by atoms with E-state index in [9.17, 15) is 9.59 Å². The Hall–Kier alpha value is -2.90. The minimum atomic E-state index is -0.165. The minimum absolute atomic E-state index is 0.130. The fourth-order valence-corrected chi connectivity index (χ4v) is 4.38. The highest BCUT2D eigenvalue weighted by molar-refractivity contribution is 9.10. The molecule has 4 rings (SSSR count). The Morgan fingerprint density at radius 2 is 1.72 bits per heavy atom. The number of halogens is 1. The van der Waals surface area contributed by atoms with E-state index in [1.807, 2.05) is 66.7 Å². The molecule has 0 saturated carbocycles. The molecular formula is C25H22BrN3O2S. The first-order valence-corrected chi connectivity index (χ1v) is 12.0. The molecule has 0 aliphatic rings. The maximum Gasteiger partial charge on any atom is 0.266 e. The number of carbonyl (C=O) groups is 1. The monoisotopic (exact) mass is 507 g/mol. The molecule has 3 aromatic carbocycles. The highest BCUT2D eigenvalue weighted by atomic mass is 79.9. The summed E-state index contributed by atoms with van der Waals surface area (Å²) in [6.07, 6.45) is 0. The number of para-hydroxylation sites is 1. The number of hydrogen-bond donors (Lipinski definition) is 1. The number of hydrogen-bond acceptors (Lipinski definition) is 4. The van der Waals surface area contributed by atoms with Crippen molar-refractivity contribution < 1.29 is 4.79 Å². The van der Waals surface area contributed by atoms with Crippen molar-refractivity contribution in [2.24, 2.45) is 0 Å². The van der Waals surface area contributed by atoms with Crippen molar-refractivity contribution in [2.75, 3.05) is 11.1 Å². The Morgan fingerprint density at radius 1 is 1.03 bits per heavy atom. The van der Waals surface area contributed by atoms with Crippen LogP contribution in [0.15, 0.2) is 87.2 Å². The predicted molar refractivity (Wildman–Crippen MR) is 135 cm³/mol. The molecule has 1 aromatic heterocycles. The second-order valence-electron chi connectivity index (χ2n) is 7.64. The van der Waals surface area contributed by atoms with Gasteiger partial charge in [-0.1, -0.05) is 65.8 Å². The van der Waals surface area contributed by atoms with E-state index in [4.69, 9.17) is 4.98 Å². The van der Waals surface area contributed by atoms with E-state index in [0.717, 1.165) is 10.2 Å². The van der Waals surface area contributed by atoms with Crippen LogP contribution in [0.4, 0.5) is 5.69 Å². The van der Waals surface area contributed by atoms with Gasteiger partial charge in [-0.15, -0.1) is 0 Å². The van der Waals surface area contributed by atoms with E-state index < -0.39 is 0 Å². The van der Waals surface area contributed by atoms with Gasteiger partial charge in [0.15, 0.2) is 5.16 Å². The van der Waals surface area contributed by atoms with Crippen molar-refractivity contribution in [1.29, 1.82) is 0 Å². The van der Waals surface area contributed by atoms with Gasteiger partial charge in [0.05, 0.1) is 22.3 Å². The molecule has 0 fully saturated rings. The summed E-state index contributed by atoms with van der Waals surface area (Å²) in [6, 6.07) is 22.6. The van der Waals surface area contributed by atoms with E-state index in [1.165, 1.54) is 17.3 Å². The zero-order chi connectivity index (χ0) is 22.7. The SMILES string of the molecule is CC(C)c1ccc(-n2c(SCC(=O)Nc3ccc(Br)cc3)nc3ccccc3c2=O)cc1. The molecule has 0 radical (unpaired) electrons. The maximum atomic E-state index is 13.3. The number of rotatable bonds is 6. The molecule has 1 N–H and O–H groups in total. The summed E-state index contributed by atoms with van der Waals surface area (Å²) in [5.41, 5.74) is 3.10. The molecule has 0 atom stereocenters. The third-order valence-electron chi connectivity index (χ3n) is 5.02. The number of aromatic nitrogens is 2. The largest absolute Gasteiger partial charge is 0.325 e. The van der Waals surface area contributed by atoms with Gasteiger partial charge in [-0.2, -0.15) is 0 Å². The third-order valence-corrected chi connectivity index (χ3v) is 6.49. The lowest BCUT2D eigenvalue weighted by atomic mass is 10.0. The number of benzene rings is 3. The zero-order valence-electron chi connectivity index (χ0n) is 17.7. The Balaban J connectivity index is 1.66. The summed E-state index contributed by atoms with van der Waals surface area (Å²) in [7, 11) is 0. The normalized spacial score (nSPS) is 11.1. The van der Waals surface area contributed by atoms with Crippen LogP contribution < -0.4 is 10.9 Å². The molecule has 1 heterocycles. The van der Waals surface area contributed by atoms with Crippen LogP contribution in [0, 0.1) is 0 Å². The Bertz CT molecular complexity index is 1320. The Morgan fingerprint density at radius 3 is 2.41 bits per heavy atom. The Labute approximate surface area is 199 Å². The lowest BCUT2D eigenvalue weighted by Gasteiger charge is -2.14. The van der Waals surface area contributed by atoms with Gasteiger partial charge in [0.1, 0.15) is 0 Å². The molecule has 0 saturated heterocycles. The van der Waals surface area contributed by atoms with Crippen molar-refractivity contribution in [2.45, 2.75) is 24.9 Å². The predicted octanol–water partition coefficient (Wildman–Crippen LogP) is 6.00. The first-order chi connectivity index (χ1) is 15.4. The van der Waals surface area contributed by atoms with Gasteiger partial charge in [0, 0.05) is 10.2 Å². The number of anilines is 1. The highest BCUT2D eigenvalue weighted by Crippen LogP contribution is 2.23. The van der Waals surface area contributed by atoms with Crippen molar-refractivity contribution in [3.8, 4) is 5.69 Å². The van der Waals surface area contributed by atoms with Crippen molar-refractivity contribution in [1.82, 2.24) is 9.55 Å². The lowest BCUT2D eigenvalue weighted by molar-refractivity contribution is -0.113. The molecule has 0 unspecified atom stereocenters. The van der Waals surface area contributed by atoms with Crippen LogP contribution in [0.1, 0.15) is 25.3 Å². The van der Waals surface area contributed by atoms with Gasteiger partial charge in [-0.05, 0) is 60.0 Å². The molecule has 4 aromatic rings. The molecule has 0 spiro atoms. The van der Waals surface area contributed by atoms with E-state index in [0.29, 0.717) is 27.7 Å². The zero-order valence-corrected chi connectivity index (χ0v) is 20.1. The number of fused-ring (bicyclic) bond motifs is 1. The minimum Gasteiger partial charge on any atom is -0.325 e. The van der Waals surface area contributed by atoms with E-state index in [2.05, 4.69) is 35.1 Å². The average Bonchev–Trinajstić information content (AvgIpc) is 2.79. The molecule has 0 aliphatic heterocycles. The lowest BCUT2D eigenvalue weighted by Crippen LogP contribution is -2.23. The highest BCUT2D eigenvalue weighted by Gasteiger charge is 2.15. The molecule has 162 valence electrons. The number of amides is 1. The van der Waals surface area contributed by atoms with Crippen LogP contribution in [-0.4, -0.2) is 21.2 Å². The first-order valence-electron chi connectivity index (χ1n) is 10.2. The van der Waals surface area contributed by atoms with Crippen LogP contribution in [0.2, 0.25) is 0 Å². The quantitative estimate of drug-likeness (QED) is 0.256. The van der Waals surface area contributed by atoms with Crippen LogP contribution in [0.25, 0.3) is 16.6 Å². The maximum absolute atomic E-state index is 13.3. The molecule has 7 heteroatoms. The molecule has 32 heavy (non-hydrogen) atoms. The van der Waals surface area contributed by atoms with E-state index >= 15 is 0 Å². The van der Waals surface area contributed by atoms with Gasteiger partial charge in [0.25, 0.3) is 5.56 Å². The van der Waals surface area contributed by atoms with Gasteiger partial charge < -0.3 is 5.32 Å². The third kappa shape index (κ3) is 4.95. The second kappa shape index (κ2) is 9.71. The van der Waals surface area contributed by atoms with Gasteiger partial charge in [-0.3, -0.25) is 14.2 Å². The number of nitrogens with one attached hydrogen (secondary N) is 1. The van der Waals surface area contributed by atoms with Crippen molar-refractivity contribution >= 4 is 50.2 Å². The second-order valence-corrected chi connectivity index (χ2v) is 9.50. The molecule has 0 aliphatic carbocycles. The van der Waals surface area contributed by atoms with Gasteiger partial charge in [-0.25, -0.2) is 4.98 Å². The fourth-order valence-electron chi connectivity index (χ4n) is 3.31.